The number of carbonyl (C=O) groups excluding carboxylic acids is 1. The molecule has 158 valence electrons. The Bertz CT molecular complexity index is 1090. The highest BCUT2D eigenvalue weighted by Gasteiger charge is 2.37. The molecular weight excluding hydrogens is 424 g/mol. The fourth-order valence-corrected chi connectivity index (χ4v) is 5.32. The molecule has 1 unspecified atom stereocenters. The van der Waals surface area contributed by atoms with E-state index >= 15 is 0 Å². The van der Waals surface area contributed by atoms with Gasteiger partial charge < -0.3 is 5.32 Å². The van der Waals surface area contributed by atoms with Crippen LogP contribution in [-0.4, -0.2) is 5.78 Å². The number of benzene rings is 2. The molecule has 3 nitrogen and oxygen atoms in total. The molecule has 0 bridgehead atoms. The molecule has 5 heteroatoms. The number of nitriles is 1. The largest absolute Gasteiger partial charge is 0.352 e. The molecule has 0 saturated carbocycles. The van der Waals surface area contributed by atoms with E-state index < -0.39 is 0 Å². The van der Waals surface area contributed by atoms with Gasteiger partial charge in [-0.2, -0.15) is 5.26 Å². The molecule has 0 spiro atoms. The first kappa shape index (κ1) is 21.7. The van der Waals surface area contributed by atoms with E-state index in [0.29, 0.717) is 22.9 Å². The summed E-state index contributed by atoms with van der Waals surface area (Å²) >= 11 is 7.61. The first-order chi connectivity index (χ1) is 15.0. The average Bonchev–Trinajstić information content (AvgIpc) is 2.78. The number of halogens is 1. The van der Waals surface area contributed by atoms with Gasteiger partial charge in [0.15, 0.2) is 5.78 Å². The number of rotatable bonds is 5. The van der Waals surface area contributed by atoms with Crippen LogP contribution in [0.5, 0.6) is 0 Å². The maximum atomic E-state index is 12.9. The minimum atomic E-state index is -0.303. The topological polar surface area (TPSA) is 52.9 Å². The monoisotopic (exact) mass is 448 g/mol. The predicted molar refractivity (Wildman–Crippen MR) is 128 cm³/mol. The highest BCUT2D eigenvalue weighted by atomic mass is 35.5. The van der Waals surface area contributed by atoms with Crippen molar-refractivity contribution < 1.29 is 4.79 Å². The molecule has 4 rings (SSSR count). The maximum Gasteiger partial charge on any atom is 0.161 e. The van der Waals surface area contributed by atoms with Gasteiger partial charge in [0, 0.05) is 28.5 Å². The molecule has 1 aliphatic heterocycles. The van der Waals surface area contributed by atoms with Crippen LogP contribution in [0.1, 0.15) is 61.6 Å². The lowest BCUT2D eigenvalue weighted by molar-refractivity contribution is -0.116. The van der Waals surface area contributed by atoms with Gasteiger partial charge in [0.25, 0.3) is 0 Å². The Hall–Kier alpha value is -2.48. The van der Waals surface area contributed by atoms with Crippen molar-refractivity contribution in [3.05, 3.63) is 92.1 Å². The van der Waals surface area contributed by atoms with Crippen molar-refractivity contribution in [3.63, 3.8) is 0 Å². The smallest absolute Gasteiger partial charge is 0.161 e. The van der Waals surface area contributed by atoms with Crippen molar-refractivity contribution >= 4 is 29.1 Å². The van der Waals surface area contributed by atoms with Crippen LogP contribution in [0, 0.1) is 11.3 Å². The molecule has 2 aliphatic rings. The molecule has 1 atom stereocenters. The minimum absolute atomic E-state index is 0.154. The van der Waals surface area contributed by atoms with Crippen LogP contribution < -0.4 is 5.32 Å². The number of dihydropyridines is 1. The molecule has 31 heavy (non-hydrogen) atoms. The van der Waals surface area contributed by atoms with E-state index in [0.717, 1.165) is 46.0 Å². The third-order valence-corrected chi connectivity index (χ3v) is 7.24. The molecule has 0 radical (unpaired) electrons. The molecule has 1 heterocycles. The molecule has 0 fully saturated rings. The van der Waals surface area contributed by atoms with E-state index in [4.69, 9.17) is 11.6 Å². The number of carbonyl (C=O) groups is 1. The molecule has 1 N–H and O–H groups in total. The van der Waals surface area contributed by atoms with Gasteiger partial charge >= 0.3 is 0 Å². The van der Waals surface area contributed by atoms with Gasteiger partial charge in [0.1, 0.15) is 0 Å². The standard InChI is InChI=1S/C26H25ClN2OS/c1-16(2)18-8-10-19(11-9-18)24-21(14-28)26(29-22-4-3-5-23(30)25(22)24)31-15-17-6-12-20(27)13-7-17/h6-13,16,24,29H,3-5,15H2,1-2H3. The molecule has 0 saturated heterocycles. The first-order valence-electron chi connectivity index (χ1n) is 10.6. The van der Waals surface area contributed by atoms with Crippen LogP contribution in [-0.2, 0) is 10.5 Å². The van der Waals surface area contributed by atoms with E-state index in [9.17, 15) is 10.1 Å². The Kier molecular flexibility index (Phi) is 6.55. The van der Waals surface area contributed by atoms with E-state index in [2.05, 4.69) is 49.5 Å². The van der Waals surface area contributed by atoms with Crippen LogP contribution in [0.25, 0.3) is 0 Å². The average molecular weight is 449 g/mol. The van der Waals surface area contributed by atoms with Gasteiger partial charge in [-0.15, -0.1) is 11.8 Å². The van der Waals surface area contributed by atoms with Crippen LogP contribution in [0.15, 0.2) is 70.4 Å². The predicted octanol–water partition coefficient (Wildman–Crippen LogP) is 6.83. The summed E-state index contributed by atoms with van der Waals surface area (Å²) in [5.41, 5.74) is 5.78. The highest BCUT2D eigenvalue weighted by Crippen LogP contribution is 2.44. The van der Waals surface area contributed by atoms with Gasteiger partial charge in [0.05, 0.1) is 22.6 Å². The fraction of sp³-hybridized carbons (Fsp3) is 0.308. The third kappa shape index (κ3) is 4.59. The number of nitrogens with one attached hydrogen (secondary N) is 1. The lowest BCUT2D eigenvalue weighted by Crippen LogP contribution is -2.31. The van der Waals surface area contributed by atoms with Crippen LogP contribution in [0.4, 0.5) is 0 Å². The molecule has 1 aliphatic carbocycles. The van der Waals surface area contributed by atoms with E-state index in [1.807, 2.05) is 24.3 Å². The number of nitrogens with zero attached hydrogens (tertiary/aromatic N) is 1. The molecule has 2 aromatic carbocycles. The summed E-state index contributed by atoms with van der Waals surface area (Å²) in [5.74, 6) is 1.01. The second kappa shape index (κ2) is 9.34. The molecule has 2 aromatic rings. The Balaban J connectivity index is 1.72. The quantitative estimate of drug-likeness (QED) is 0.544. The Morgan fingerprint density at radius 1 is 1.13 bits per heavy atom. The zero-order valence-corrected chi connectivity index (χ0v) is 19.3. The zero-order valence-electron chi connectivity index (χ0n) is 17.7. The number of hydrogen-bond donors (Lipinski definition) is 1. The van der Waals surface area contributed by atoms with E-state index in [1.54, 1.807) is 11.8 Å². The highest BCUT2D eigenvalue weighted by molar-refractivity contribution is 8.02. The zero-order chi connectivity index (χ0) is 22.0. The first-order valence-corrected chi connectivity index (χ1v) is 12.0. The summed E-state index contributed by atoms with van der Waals surface area (Å²) in [4.78, 5) is 12.9. The lowest BCUT2D eigenvalue weighted by atomic mass is 9.76. The number of hydrogen-bond acceptors (Lipinski definition) is 4. The van der Waals surface area contributed by atoms with Crippen molar-refractivity contribution in [1.82, 2.24) is 5.32 Å². The van der Waals surface area contributed by atoms with E-state index in [1.165, 1.54) is 5.56 Å². The van der Waals surface area contributed by atoms with E-state index in [-0.39, 0.29) is 11.7 Å². The second-order valence-corrected chi connectivity index (χ2v) is 9.74. The normalized spacial score (nSPS) is 18.7. The van der Waals surface area contributed by atoms with Gasteiger partial charge in [-0.05, 0) is 47.6 Å². The Morgan fingerprint density at radius 3 is 2.48 bits per heavy atom. The summed E-state index contributed by atoms with van der Waals surface area (Å²) in [6.45, 7) is 4.33. The van der Waals surface area contributed by atoms with Gasteiger partial charge in [-0.1, -0.05) is 61.8 Å². The van der Waals surface area contributed by atoms with Crippen LogP contribution in [0.3, 0.4) is 0 Å². The summed E-state index contributed by atoms with van der Waals surface area (Å²) in [6, 6.07) is 18.6. The second-order valence-electron chi connectivity index (χ2n) is 8.32. The van der Waals surface area contributed by atoms with Crippen molar-refractivity contribution in [2.45, 2.75) is 50.7 Å². The Morgan fingerprint density at radius 2 is 1.84 bits per heavy atom. The number of Topliss-reactive ketones (excluding diaryl/α,β-unsaturated/α-hetero) is 1. The lowest BCUT2D eigenvalue weighted by Gasteiger charge is -2.33. The van der Waals surface area contributed by atoms with Gasteiger partial charge in [0.2, 0.25) is 0 Å². The van der Waals surface area contributed by atoms with Gasteiger partial charge in [-0.25, -0.2) is 0 Å². The minimum Gasteiger partial charge on any atom is -0.352 e. The van der Waals surface area contributed by atoms with Crippen molar-refractivity contribution in [2.24, 2.45) is 0 Å². The molecular formula is C26H25ClN2OS. The summed E-state index contributed by atoms with van der Waals surface area (Å²) in [6.07, 6.45) is 2.24. The number of ketones is 1. The SMILES string of the molecule is CC(C)c1ccc(C2C(C#N)=C(SCc3ccc(Cl)cc3)NC3=C2C(=O)CCC3)cc1. The van der Waals surface area contributed by atoms with Gasteiger partial charge in [-0.3, -0.25) is 4.79 Å². The summed E-state index contributed by atoms with van der Waals surface area (Å²) < 4.78 is 0. The Labute approximate surface area is 193 Å². The van der Waals surface area contributed by atoms with Crippen molar-refractivity contribution in [3.8, 4) is 6.07 Å². The molecule has 0 aromatic heterocycles. The number of thioether (sulfide) groups is 1. The molecule has 0 amide bonds. The fourth-order valence-electron chi connectivity index (χ4n) is 4.18. The van der Waals surface area contributed by atoms with Crippen molar-refractivity contribution in [2.75, 3.05) is 0 Å². The third-order valence-electron chi connectivity index (χ3n) is 5.90. The van der Waals surface area contributed by atoms with Crippen LogP contribution in [0.2, 0.25) is 5.02 Å². The van der Waals surface area contributed by atoms with Crippen molar-refractivity contribution in [1.29, 1.82) is 5.26 Å². The maximum absolute atomic E-state index is 12.9. The summed E-state index contributed by atoms with van der Waals surface area (Å²) in [7, 11) is 0. The van der Waals surface area contributed by atoms with Crippen LogP contribution >= 0.6 is 23.4 Å². The number of allylic oxidation sites excluding steroid dienone is 3. The summed E-state index contributed by atoms with van der Waals surface area (Å²) in [5, 5.41) is 15.1.